The topological polar surface area (TPSA) is 50.4 Å². The zero-order valence-corrected chi connectivity index (χ0v) is 9.06. The fraction of sp³-hybridized carbons (Fsp3) is 0.889. The van der Waals surface area contributed by atoms with E-state index in [1.165, 1.54) is 0 Å². The van der Waals surface area contributed by atoms with Crippen molar-refractivity contribution in [2.75, 3.05) is 26.3 Å². The number of hydrogen-bond donors (Lipinski definition) is 2. The molecule has 15 heavy (non-hydrogen) atoms. The summed E-state index contributed by atoms with van der Waals surface area (Å²) in [4.78, 5) is 11.1. The van der Waals surface area contributed by atoms with E-state index >= 15 is 0 Å². The molecule has 0 aliphatic heterocycles. The van der Waals surface area contributed by atoms with E-state index in [1.54, 1.807) is 0 Å². The van der Waals surface area contributed by atoms with Gasteiger partial charge < -0.3 is 15.4 Å². The van der Waals surface area contributed by atoms with E-state index < -0.39 is 13.0 Å². The van der Waals surface area contributed by atoms with Crippen molar-refractivity contribution in [1.82, 2.24) is 10.6 Å². The number of halogens is 2. The highest BCUT2D eigenvalue weighted by Crippen LogP contribution is 1.91. The molecular formula is C9H18F2N2O2. The number of carbonyl (C=O) groups excluding carboxylic acids is 1. The first kappa shape index (κ1) is 14.2. The Morgan fingerprint density at radius 3 is 2.60 bits per heavy atom. The van der Waals surface area contributed by atoms with Gasteiger partial charge in [0.25, 0.3) is 6.43 Å². The largest absolute Gasteiger partial charge is 0.374 e. The predicted molar refractivity (Wildman–Crippen MR) is 53.0 cm³/mol. The summed E-state index contributed by atoms with van der Waals surface area (Å²) in [6.45, 7) is 3.92. The van der Waals surface area contributed by atoms with Crippen molar-refractivity contribution in [1.29, 1.82) is 0 Å². The van der Waals surface area contributed by atoms with Gasteiger partial charge in [-0.3, -0.25) is 4.79 Å². The lowest BCUT2D eigenvalue weighted by atomic mass is 10.4. The summed E-state index contributed by atoms with van der Waals surface area (Å²) in [5, 5.41) is 5.47. The minimum Gasteiger partial charge on any atom is -0.374 e. The second kappa shape index (κ2) is 8.55. The van der Waals surface area contributed by atoms with Crippen molar-refractivity contribution in [2.24, 2.45) is 0 Å². The van der Waals surface area contributed by atoms with Gasteiger partial charge in [-0.05, 0) is 13.8 Å². The van der Waals surface area contributed by atoms with Gasteiger partial charge in [-0.1, -0.05) is 0 Å². The molecule has 0 spiro atoms. The molecule has 0 saturated heterocycles. The van der Waals surface area contributed by atoms with Crippen LogP contribution in [0.25, 0.3) is 0 Å². The molecule has 0 aromatic carbocycles. The van der Waals surface area contributed by atoms with Gasteiger partial charge in [-0.2, -0.15) is 0 Å². The van der Waals surface area contributed by atoms with Crippen LogP contribution < -0.4 is 10.6 Å². The molecule has 90 valence electrons. The Hall–Kier alpha value is -0.750. The average molecular weight is 224 g/mol. The third kappa shape index (κ3) is 11.2. The highest BCUT2D eigenvalue weighted by molar-refractivity contribution is 5.78. The van der Waals surface area contributed by atoms with Crippen LogP contribution in [0.2, 0.25) is 0 Å². The Balaban J connectivity index is 3.20. The molecule has 0 aliphatic rings. The van der Waals surface area contributed by atoms with Crippen LogP contribution in [0, 0.1) is 0 Å². The number of nitrogens with one attached hydrogen (secondary N) is 2. The van der Waals surface area contributed by atoms with Gasteiger partial charge in [0.1, 0.15) is 6.61 Å². The van der Waals surface area contributed by atoms with Crippen molar-refractivity contribution >= 4 is 5.91 Å². The molecule has 0 fully saturated rings. The molecule has 0 atom stereocenters. The molecule has 0 radical (unpaired) electrons. The normalized spacial score (nSPS) is 11.1. The van der Waals surface area contributed by atoms with Crippen molar-refractivity contribution in [2.45, 2.75) is 26.3 Å². The van der Waals surface area contributed by atoms with Crippen LogP contribution in [0.4, 0.5) is 8.78 Å². The summed E-state index contributed by atoms with van der Waals surface area (Å²) in [5.41, 5.74) is 0. The summed E-state index contributed by atoms with van der Waals surface area (Å²) in [6, 6.07) is 0.106. The Morgan fingerprint density at radius 2 is 2.07 bits per heavy atom. The number of rotatable bonds is 8. The first-order valence-corrected chi connectivity index (χ1v) is 4.88. The van der Waals surface area contributed by atoms with Crippen LogP contribution in [0.5, 0.6) is 0 Å². The van der Waals surface area contributed by atoms with Crippen molar-refractivity contribution in [3.63, 3.8) is 0 Å². The van der Waals surface area contributed by atoms with Gasteiger partial charge in [0.2, 0.25) is 5.91 Å². The first-order chi connectivity index (χ1) is 7.02. The Kier molecular flexibility index (Phi) is 8.12. The molecular weight excluding hydrogens is 206 g/mol. The summed E-state index contributed by atoms with van der Waals surface area (Å²) in [6.07, 6.45) is -2.44. The fourth-order valence-corrected chi connectivity index (χ4v) is 0.892. The molecule has 0 rings (SSSR count). The van der Waals surface area contributed by atoms with Gasteiger partial charge in [-0.25, -0.2) is 8.78 Å². The second-order valence-corrected chi connectivity index (χ2v) is 3.36. The number of carbonyl (C=O) groups is 1. The molecule has 0 saturated carbocycles. The van der Waals surface area contributed by atoms with Crippen LogP contribution in [0.3, 0.4) is 0 Å². The molecule has 0 unspecified atom stereocenters. The quantitative estimate of drug-likeness (QED) is 0.586. The summed E-state index contributed by atoms with van der Waals surface area (Å²) in [5.74, 6) is -0.112. The van der Waals surface area contributed by atoms with Gasteiger partial charge in [0.15, 0.2) is 0 Å². The Bertz CT molecular complexity index is 177. The minimum atomic E-state index is -2.44. The fourth-order valence-electron chi connectivity index (χ4n) is 0.892. The molecule has 0 aromatic heterocycles. The van der Waals surface area contributed by atoms with E-state index in [1.807, 2.05) is 13.8 Å². The van der Waals surface area contributed by atoms with E-state index in [0.29, 0.717) is 6.54 Å². The number of alkyl halides is 2. The molecule has 1 amide bonds. The van der Waals surface area contributed by atoms with E-state index in [0.717, 1.165) is 0 Å². The number of ether oxygens (including phenoxy) is 1. The molecule has 2 N–H and O–H groups in total. The molecule has 0 heterocycles. The molecule has 0 aromatic rings. The van der Waals surface area contributed by atoms with Gasteiger partial charge >= 0.3 is 0 Å². The van der Waals surface area contributed by atoms with E-state index in [-0.39, 0.29) is 25.1 Å². The number of hydrogen-bond acceptors (Lipinski definition) is 3. The lowest BCUT2D eigenvalue weighted by molar-refractivity contribution is -0.120. The molecule has 0 bridgehead atoms. The minimum absolute atomic E-state index is 0.106. The Labute approximate surface area is 88.4 Å². The van der Waals surface area contributed by atoms with Crippen molar-refractivity contribution in [3.05, 3.63) is 0 Å². The maximum Gasteiger partial charge on any atom is 0.261 e. The maximum atomic E-state index is 11.6. The van der Waals surface area contributed by atoms with Crippen LogP contribution >= 0.6 is 0 Å². The lowest BCUT2D eigenvalue weighted by Gasteiger charge is -2.09. The van der Waals surface area contributed by atoms with Crippen LogP contribution in [0.15, 0.2) is 0 Å². The van der Waals surface area contributed by atoms with E-state index in [4.69, 9.17) is 0 Å². The maximum absolute atomic E-state index is 11.6. The zero-order valence-electron chi connectivity index (χ0n) is 9.06. The molecule has 4 nitrogen and oxygen atoms in total. The van der Waals surface area contributed by atoms with E-state index in [2.05, 4.69) is 15.4 Å². The van der Waals surface area contributed by atoms with Crippen molar-refractivity contribution in [3.8, 4) is 0 Å². The second-order valence-electron chi connectivity index (χ2n) is 3.36. The van der Waals surface area contributed by atoms with Gasteiger partial charge in [0, 0.05) is 12.6 Å². The van der Waals surface area contributed by atoms with Gasteiger partial charge in [-0.15, -0.1) is 0 Å². The monoisotopic (exact) mass is 224 g/mol. The Morgan fingerprint density at radius 1 is 1.40 bits per heavy atom. The van der Waals surface area contributed by atoms with Gasteiger partial charge in [0.05, 0.1) is 13.2 Å². The first-order valence-electron chi connectivity index (χ1n) is 4.88. The smallest absolute Gasteiger partial charge is 0.261 e. The average Bonchev–Trinajstić information content (AvgIpc) is 2.09. The lowest BCUT2D eigenvalue weighted by Crippen LogP contribution is -2.38. The number of amides is 1. The highest BCUT2D eigenvalue weighted by atomic mass is 19.3. The SMILES string of the molecule is CC(C)NC(=O)CNCCOCC(F)F. The zero-order chi connectivity index (χ0) is 11.7. The highest BCUT2D eigenvalue weighted by Gasteiger charge is 2.03. The summed E-state index contributed by atoms with van der Waals surface area (Å²) in [7, 11) is 0. The standard InChI is InChI=1S/C9H18F2N2O2/c1-7(2)13-9(14)5-12-3-4-15-6-8(10)11/h7-8,12H,3-6H2,1-2H3,(H,13,14). The van der Waals surface area contributed by atoms with Crippen LogP contribution in [-0.4, -0.2) is 44.7 Å². The predicted octanol–water partition coefficient (Wildman–Crippen LogP) is 0.382. The van der Waals surface area contributed by atoms with E-state index in [9.17, 15) is 13.6 Å². The molecule has 6 heteroatoms. The summed E-state index contributed by atoms with van der Waals surface area (Å²) >= 11 is 0. The van der Waals surface area contributed by atoms with Crippen LogP contribution in [0.1, 0.15) is 13.8 Å². The molecule has 0 aliphatic carbocycles. The third-order valence-electron chi connectivity index (χ3n) is 1.40. The van der Waals surface area contributed by atoms with Crippen molar-refractivity contribution < 1.29 is 18.3 Å². The summed E-state index contributed by atoms with van der Waals surface area (Å²) < 4.78 is 27.8. The van der Waals surface area contributed by atoms with Crippen LogP contribution in [-0.2, 0) is 9.53 Å². The third-order valence-corrected chi connectivity index (χ3v) is 1.40.